The second kappa shape index (κ2) is 11.4. The molecular weight excluding hydrogens is 478 g/mol. The Morgan fingerprint density at radius 1 is 1.03 bits per heavy atom. The van der Waals surface area contributed by atoms with Crippen LogP contribution in [0.25, 0.3) is 5.76 Å². The monoisotopic (exact) mass is 507 g/mol. The molecule has 36 heavy (non-hydrogen) atoms. The minimum atomic E-state index is -3.93. The van der Waals surface area contributed by atoms with Crippen molar-refractivity contribution in [1.82, 2.24) is 0 Å². The zero-order valence-corrected chi connectivity index (χ0v) is 21.1. The molecule has 3 aromatic rings. The second-order valence-corrected chi connectivity index (χ2v) is 10.2. The van der Waals surface area contributed by atoms with Crippen LogP contribution in [0.5, 0.6) is 0 Å². The molecule has 0 N–H and O–H groups in total. The minimum Gasteiger partial charge on any atom is -0.485 e. The van der Waals surface area contributed by atoms with Crippen LogP contribution in [-0.2, 0) is 35.6 Å². The Morgan fingerprint density at radius 2 is 1.72 bits per heavy atom. The lowest BCUT2D eigenvalue weighted by atomic mass is 10.1. The van der Waals surface area contributed by atoms with Gasteiger partial charge in [-0.25, -0.2) is 13.2 Å². The summed E-state index contributed by atoms with van der Waals surface area (Å²) in [5.74, 6) is -0.333. The Hall–Kier alpha value is -3.62. The lowest BCUT2D eigenvalue weighted by Gasteiger charge is -2.26. The number of fused-ring (bicyclic) bond motifs is 1. The maximum absolute atomic E-state index is 13.8. The fraction of sp³-hybridized carbons (Fsp3) is 0.250. The number of nitrogens with zero attached hydrogens (tertiary/aromatic N) is 1. The number of aryl methyl sites for hydroxylation is 1. The quantitative estimate of drug-likeness (QED) is 0.324. The first-order valence-corrected chi connectivity index (χ1v) is 13.2. The van der Waals surface area contributed by atoms with E-state index in [9.17, 15) is 13.2 Å². The number of ether oxygens (including phenoxy) is 3. The lowest BCUT2D eigenvalue weighted by molar-refractivity contribution is -0.137. The molecule has 8 heteroatoms. The topological polar surface area (TPSA) is 82.1 Å². The van der Waals surface area contributed by atoms with Crippen LogP contribution in [0.4, 0.5) is 5.69 Å². The highest BCUT2D eigenvalue weighted by Gasteiger charge is 2.34. The van der Waals surface area contributed by atoms with Crippen molar-refractivity contribution in [2.75, 3.05) is 24.1 Å². The zero-order chi connectivity index (χ0) is 25.5. The number of hydrogen-bond acceptors (Lipinski definition) is 6. The number of sulfonamides is 1. The number of esters is 1. The molecule has 1 aliphatic heterocycles. The summed E-state index contributed by atoms with van der Waals surface area (Å²) in [5, 5.41) is 0. The van der Waals surface area contributed by atoms with Gasteiger partial charge in [0.15, 0.2) is 0 Å². The van der Waals surface area contributed by atoms with Gasteiger partial charge in [0, 0.05) is 5.56 Å². The Bertz CT molecular complexity index is 1320. The van der Waals surface area contributed by atoms with Gasteiger partial charge in [-0.15, -0.1) is 0 Å². The summed E-state index contributed by atoms with van der Waals surface area (Å²) in [6.45, 7) is 4.29. The number of carbonyl (C=O) groups excluding carboxylic acids is 1. The van der Waals surface area contributed by atoms with Gasteiger partial charge in [0.1, 0.15) is 11.9 Å². The molecule has 0 radical (unpaired) electrons. The molecular formula is C28H29NO6S. The molecule has 4 rings (SSSR count). The predicted octanol–water partition coefficient (Wildman–Crippen LogP) is 4.71. The van der Waals surface area contributed by atoms with E-state index in [0.717, 1.165) is 11.1 Å². The van der Waals surface area contributed by atoms with Crippen molar-refractivity contribution in [2.45, 2.75) is 31.5 Å². The van der Waals surface area contributed by atoms with Crippen molar-refractivity contribution in [3.63, 3.8) is 0 Å². The third-order valence-corrected chi connectivity index (χ3v) is 7.46. The summed E-state index contributed by atoms with van der Waals surface area (Å²) >= 11 is 0. The summed E-state index contributed by atoms with van der Waals surface area (Å²) in [6, 6.07) is 23.3. The summed E-state index contributed by atoms with van der Waals surface area (Å²) in [6.07, 6.45) is 0.580. The Balaban J connectivity index is 1.71. The molecule has 7 nitrogen and oxygen atoms in total. The number of rotatable bonds is 8. The number of carbonyl (C=O) groups is 1. The summed E-state index contributed by atoms with van der Waals surface area (Å²) in [5.41, 5.74) is 2.84. The molecule has 1 aliphatic rings. The van der Waals surface area contributed by atoms with Crippen LogP contribution in [0.2, 0.25) is 0 Å². The first kappa shape index (κ1) is 25.5. The fourth-order valence-electron chi connectivity index (χ4n) is 3.90. The number of anilines is 1. The van der Waals surface area contributed by atoms with Gasteiger partial charge in [-0.2, -0.15) is 0 Å². The third kappa shape index (κ3) is 5.95. The smallest absolute Gasteiger partial charge is 0.334 e. The molecule has 1 heterocycles. The summed E-state index contributed by atoms with van der Waals surface area (Å²) in [4.78, 5) is 12.5. The first-order valence-electron chi connectivity index (χ1n) is 11.7. The average molecular weight is 508 g/mol. The van der Waals surface area contributed by atoms with E-state index in [2.05, 4.69) is 0 Å². The molecule has 0 saturated carbocycles. The molecule has 0 aromatic heterocycles. The van der Waals surface area contributed by atoms with E-state index in [1.807, 2.05) is 37.3 Å². The van der Waals surface area contributed by atoms with E-state index in [-0.39, 0.29) is 30.4 Å². The van der Waals surface area contributed by atoms with Crippen molar-refractivity contribution >= 4 is 27.4 Å². The number of benzene rings is 3. The van der Waals surface area contributed by atoms with Crippen LogP contribution in [0, 0.1) is 6.92 Å². The molecule has 1 atom stereocenters. The van der Waals surface area contributed by atoms with Crippen molar-refractivity contribution in [2.24, 2.45) is 0 Å². The standard InChI is InChI=1S/C28H29NO6S/c1-3-34-28(30)17-27-25-11-7-8-12-26(25)29(36(31,32)24-15-13-21(2)14-16-24)18-23(35-27)20-33-19-22-9-5-4-6-10-22/h4-17,23H,3,18-20H2,1-2H3/b27-17-/t23-/m0/s1. The third-order valence-electron chi connectivity index (χ3n) is 5.66. The predicted molar refractivity (Wildman–Crippen MR) is 138 cm³/mol. The molecule has 0 bridgehead atoms. The molecule has 0 fully saturated rings. The van der Waals surface area contributed by atoms with Crippen LogP contribution < -0.4 is 4.31 Å². The fourth-order valence-corrected chi connectivity index (χ4v) is 5.42. The Morgan fingerprint density at radius 3 is 2.44 bits per heavy atom. The van der Waals surface area contributed by atoms with Gasteiger partial charge >= 0.3 is 5.97 Å². The van der Waals surface area contributed by atoms with Gasteiger partial charge in [0.05, 0.1) is 43.0 Å². The molecule has 0 spiro atoms. The SMILES string of the molecule is CCOC(=O)/C=C1\O[C@H](COCc2ccccc2)CN(S(=O)(=O)c2ccc(C)cc2)c2ccccc21. The average Bonchev–Trinajstić information content (AvgIpc) is 3.03. The van der Waals surface area contributed by atoms with Gasteiger partial charge in [0.25, 0.3) is 10.0 Å². The molecule has 0 saturated heterocycles. The van der Waals surface area contributed by atoms with Gasteiger partial charge in [-0.1, -0.05) is 60.2 Å². The number of hydrogen-bond donors (Lipinski definition) is 0. The normalized spacial score (nSPS) is 16.7. The second-order valence-electron chi connectivity index (χ2n) is 8.37. The summed E-state index contributed by atoms with van der Waals surface area (Å²) < 4.78 is 46.1. The summed E-state index contributed by atoms with van der Waals surface area (Å²) in [7, 11) is -3.93. The maximum atomic E-state index is 13.8. The lowest BCUT2D eigenvalue weighted by Crippen LogP contribution is -2.39. The van der Waals surface area contributed by atoms with E-state index in [4.69, 9.17) is 14.2 Å². The van der Waals surface area contributed by atoms with Gasteiger partial charge < -0.3 is 14.2 Å². The molecule has 3 aromatic carbocycles. The van der Waals surface area contributed by atoms with Gasteiger partial charge in [-0.05, 0) is 43.7 Å². The minimum absolute atomic E-state index is 0.00216. The van der Waals surface area contributed by atoms with Crippen LogP contribution >= 0.6 is 0 Å². The van der Waals surface area contributed by atoms with Crippen molar-refractivity contribution in [1.29, 1.82) is 0 Å². The highest BCUT2D eigenvalue weighted by Crippen LogP contribution is 2.36. The Labute approximate surface area is 212 Å². The van der Waals surface area contributed by atoms with Crippen LogP contribution in [0.15, 0.2) is 89.8 Å². The van der Waals surface area contributed by atoms with Crippen LogP contribution in [-0.4, -0.2) is 40.2 Å². The highest BCUT2D eigenvalue weighted by molar-refractivity contribution is 7.92. The van der Waals surface area contributed by atoms with E-state index < -0.39 is 22.1 Å². The first-order chi connectivity index (χ1) is 17.4. The van der Waals surface area contributed by atoms with Gasteiger partial charge in [0.2, 0.25) is 0 Å². The van der Waals surface area contributed by atoms with E-state index in [1.54, 1.807) is 55.5 Å². The molecule has 188 valence electrons. The highest BCUT2D eigenvalue weighted by atomic mass is 32.2. The van der Waals surface area contributed by atoms with E-state index >= 15 is 0 Å². The maximum Gasteiger partial charge on any atom is 0.334 e. The van der Waals surface area contributed by atoms with E-state index in [0.29, 0.717) is 17.9 Å². The van der Waals surface area contributed by atoms with E-state index in [1.165, 1.54) is 10.4 Å². The molecule has 0 amide bonds. The van der Waals surface area contributed by atoms with Gasteiger partial charge in [-0.3, -0.25) is 4.31 Å². The van der Waals surface area contributed by atoms with Crippen LogP contribution in [0.3, 0.4) is 0 Å². The van der Waals surface area contributed by atoms with Crippen molar-refractivity contribution in [3.05, 3.63) is 102 Å². The molecule has 0 unspecified atom stereocenters. The molecule has 0 aliphatic carbocycles. The van der Waals surface area contributed by atoms with Crippen molar-refractivity contribution in [3.8, 4) is 0 Å². The van der Waals surface area contributed by atoms with Crippen LogP contribution in [0.1, 0.15) is 23.6 Å². The Kier molecular flexibility index (Phi) is 8.07. The van der Waals surface area contributed by atoms with Crippen molar-refractivity contribution < 1.29 is 27.4 Å². The number of para-hydroxylation sites is 1. The largest absolute Gasteiger partial charge is 0.485 e. The zero-order valence-electron chi connectivity index (χ0n) is 20.3.